The molecule has 0 fully saturated rings. The first-order valence-electron chi connectivity index (χ1n) is 4.00. The maximum atomic E-state index is 12.9. The van der Waals surface area contributed by atoms with Gasteiger partial charge in [-0.2, -0.15) is 0 Å². The van der Waals surface area contributed by atoms with E-state index in [-0.39, 0.29) is 24.2 Å². The first-order chi connectivity index (χ1) is 6.07. The Bertz CT molecular complexity index is 322. The molecule has 0 unspecified atom stereocenters. The molecule has 0 aliphatic carbocycles. The minimum atomic E-state index is -0.637. The molecule has 0 amide bonds. The Morgan fingerprint density at radius 1 is 1.57 bits per heavy atom. The molecule has 5 heteroatoms. The summed E-state index contributed by atoms with van der Waals surface area (Å²) in [6.45, 7) is 1.88. The van der Waals surface area contributed by atoms with Gasteiger partial charge in [0, 0.05) is 16.1 Å². The minimum absolute atomic E-state index is 0. The van der Waals surface area contributed by atoms with Crippen LogP contribution in [0.3, 0.4) is 0 Å². The van der Waals surface area contributed by atoms with Gasteiger partial charge in [-0.1, -0.05) is 22.9 Å². The molecular formula is C9H12BrClFNO. The van der Waals surface area contributed by atoms with Crippen molar-refractivity contribution < 1.29 is 9.50 Å². The lowest BCUT2D eigenvalue weighted by Gasteiger charge is -2.13. The topological polar surface area (TPSA) is 46.2 Å². The SMILES string of the molecule is CC[C@H](N)c1c(Br)ccc(F)c1O.Cl. The lowest BCUT2D eigenvalue weighted by molar-refractivity contribution is 0.419. The highest BCUT2D eigenvalue weighted by Gasteiger charge is 2.16. The van der Waals surface area contributed by atoms with Crippen LogP contribution in [0, 0.1) is 5.82 Å². The quantitative estimate of drug-likeness (QED) is 0.876. The van der Waals surface area contributed by atoms with Crippen LogP contribution in [0.15, 0.2) is 16.6 Å². The van der Waals surface area contributed by atoms with Crippen LogP contribution in [0.25, 0.3) is 0 Å². The summed E-state index contributed by atoms with van der Waals surface area (Å²) >= 11 is 3.22. The summed E-state index contributed by atoms with van der Waals surface area (Å²) in [7, 11) is 0. The summed E-state index contributed by atoms with van der Waals surface area (Å²) < 4.78 is 13.6. The van der Waals surface area contributed by atoms with Gasteiger partial charge in [0.25, 0.3) is 0 Å². The van der Waals surface area contributed by atoms with Gasteiger partial charge in [-0.3, -0.25) is 0 Å². The Balaban J connectivity index is 0.00000169. The average Bonchev–Trinajstić information content (AvgIpc) is 2.12. The standard InChI is InChI=1S/C9H11BrFNO.ClH/c1-2-7(12)8-5(10)3-4-6(11)9(8)13;/h3-4,7,13H,2,12H2,1H3;1H/t7-;/m0./s1. The average molecular weight is 285 g/mol. The predicted octanol–water partition coefficient (Wildman–Crippen LogP) is 3.13. The van der Waals surface area contributed by atoms with Crippen LogP contribution >= 0.6 is 28.3 Å². The Labute approximate surface area is 96.8 Å². The molecule has 0 aliphatic rings. The van der Waals surface area contributed by atoms with Gasteiger partial charge in [0.2, 0.25) is 0 Å². The highest BCUT2D eigenvalue weighted by atomic mass is 79.9. The largest absolute Gasteiger partial charge is 0.505 e. The molecule has 1 aromatic rings. The van der Waals surface area contributed by atoms with E-state index in [1.165, 1.54) is 6.07 Å². The lowest BCUT2D eigenvalue weighted by Crippen LogP contribution is -2.10. The highest BCUT2D eigenvalue weighted by Crippen LogP contribution is 2.33. The molecular weight excluding hydrogens is 272 g/mol. The second-order valence-electron chi connectivity index (χ2n) is 2.81. The van der Waals surface area contributed by atoms with E-state index in [2.05, 4.69) is 15.9 Å². The van der Waals surface area contributed by atoms with Gasteiger partial charge in [0.1, 0.15) is 0 Å². The molecule has 3 N–H and O–H groups in total. The monoisotopic (exact) mass is 283 g/mol. The van der Waals surface area contributed by atoms with Crippen LogP contribution in [0.4, 0.5) is 4.39 Å². The fourth-order valence-corrected chi connectivity index (χ4v) is 1.73. The zero-order chi connectivity index (χ0) is 10.0. The van der Waals surface area contributed by atoms with Crippen LogP contribution in [-0.2, 0) is 0 Å². The lowest BCUT2D eigenvalue weighted by atomic mass is 10.0. The molecule has 0 saturated heterocycles. The smallest absolute Gasteiger partial charge is 0.165 e. The van der Waals surface area contributed by atoms with Crippen molar-refractivity contribution >= 4 is 28.3 Å². The van der Waals surface area contributed by atoms with Crippen molar-refractivity contribution in [1.29, 1.82) is 0 Å². The van der Waals surface area contributed by atoms with Crippen LogP contribution in [0.1, 0.15) is 24.9 Å². The van der Waals surface area contributed by atoms with Crippen molar-refractivity contribution in [3.05, 3.63) is 28.0 Å². The third kappa shape index (κ3) is 2.59. The fourth-order valence-electron chi connectivity index (χ4n) is 1.11. The molecule has 2 nitrogen and oxygen atoms in total. The molecule has 0 heterocycles. The van der Waals surface area contributed by atoms with Crippen LogP contribution in [0.2, 0.25) is 0 Å². The van der Waals surface area contributed by atoms with E-state index in [1.807, 2.05) is 6.92 Å². The molecule has 80 valence electrons. The van der Waals surface area contributed by atoms with E-state index >= 15 is 0 Å². The zero-order valence-corrected chi connectivity index (χ0v) is 10.0. The highest BCUT2D eigenvalue weighted by molar-refractivity contribution is 9.10. The molecule has 1 rings (SSSR count). The fraction of sp³-hybridized carbons (Fsp3) is 0.333. The van der Waals surface area contributed by atoms with E-state index in [0.29, 0.717) is 16.5 Å². The number of nitrogens with two attached hydrogens (primary N) is 1. The summed E-state index contributed by atoms with van der Waals surface area (Å²) in [6, 6.07) is 2.40. The van der Waals surface area contributed by atoms with Gasteiger partial charge >= 0.3 is 0 Å². The van der Waals surface area contributed by atoms with Gasteiger partial charge < -0.3 is 10.8 Å². The first kappa shape index (κ1) is 13.7. The Morgan fingerprint density at radius 2 is 2.14 bits per heavy atom. The Morgan fingerprint density at radius 3 is 2.64 bits per heavy atom. The zero-order valence-electron chi connectivity index (χ0n) is 7.63. The molecule has 0 aromatic heterocycles. The maximum Gasteiger partial charge on any atom is 0.165 e. The van der Waals surface area contributed by atoms with E-state index in [9.17, 15) is 9.50 Å². The molecule has 0 aliphatic heterocycles. The predicted molar refractivity (Wildman–Crippen MR) is 60.2 cm³/mol. The van der Waals surface area contributed by atoms with Gasteiger partial charge in [-0.25, -0.2) is 4.39 Å². The van der Waals surface area contributed by atoms with Crippen LogP contribution in [0.5, 0.6) is 5.75 Å². The van der Waals surface area contributed by atoms with E-state index in [0.717, 1.165) is 0 Å². The number of rotatable bonds is 2. The molecule has 0 radical (unpaired) electrons. The van der Waals surface area contributed by atoms with Gasteiger partial charge in [-0.05, 0) is 18.6 Å². The molecule has 1 atom stereocenters. The number of hydrogen-bond acceptors (Lipinski definition) is 2. The molecule has 0 spiro atoms. The number of hydrogen-bond donors (Lipinski definition) is 2. The number of benzene rings is 1. The normalized spacial score (nSPS) is 12.0. The summed E-state index contributed by atoms with van der Waals surface area (Å²) in [5, 5.41) is 9.39. The molecule has 0 bridgehead atoms. The summed E-state index contributed by atoms with van der Waals surface area (Å²) in [5.74, 6) is -0.995. The number of phenols is 1. The summed E-state index contributed by atoms with van der Waals surface area (Å²) in [6.07, 6.45) is 0.648. The van der Waals surface area contributed by atoms with E-state index in [1.54, 1.807) is 6.07 Å². The maximum absolute atomic E-state index is 12.9. The van der Waals surface area contributed by atoms with E-state index < -0.39 is 5.82 Å². The number of aromatic hydroxyl groups is 1. The Hall–Kier alpha value is -0.320. The third-order valence-corrected chi connectivity index (χ3v) is 2.62. The van der Waals surface area contributed by atoms with Crippen LogP contribution < -0.4 is 5.73 Å². The second-order valence-corrected chi connectivity index (χ2v) is 3.66. The third-order valence-electron chi connectivity index (χ3n) is 1.93. The van der Waals surface area contributed by atoms with Crippen molar-refractivity contribution in [2.75, 3.05) is 0 Å². The summed E-state index contributed by atoms with van der Waals surface area (Å²) in [5.41, 5.74) is 6.14. The van der Waals surface area contributed by atoms with Gasteiger partial charge in [0.15, 0.2) is 11.6 Å². The van der Waals surface area contributed by atoms with Crippen molar-refractivity contribution in [3.8, 4) is 5.75 Å². The van der Waals surface area contributed by atoms with Crippen molar-refractivity contribution in [2.24, 2.45) is 5.73 Å². The van der Waals surface area contributed by atoms with Crippen molar-refractivity contribution in [1.82, 2.24) is 0 Å². The Kier molecular flexibility index (Phi) is 5.41. The number of halogens is 3. The molecule has 1 aromatic carbocycles. The van der Waals surface area contributed by atoms with Gasteiger partial charge in [-0.15, -0.1) is 12.4 Å². The minimum Gasteiger partial charge on any atom is -0.505 e. The second kappa shape index (κ2) is 5.53. The van der Waals surface area contributed by atoms with E-state index in [4.69, 9.17) is 5.73 Å². The molecule has 0 saturated carbocycles. The van der Waals surface area contributed by atoms with Gasteiger partial charge in [0.05, 0.1) is 0 Å². The van der Waals surface area contributed by atoms with Crippen molar-refractivity contribution in [2.45, 2.75) is 19.4 Å². The number of phenolic OH excluding ortho intramolecular Hbond substituents is 1. The first-order valence-corrected chi connectivity index (χ1v) is 4.79. The summed E-state index contributed by atoms with van der Waals surface area (Å²) in [4.78, 5) is 0. The molecule has 14 heavy (non-hydrogen) atoms. The van der Waals surface area contributed by atoms with Crippen molar-refractivity contribution in [3.63, 3.8) is 0 Å². The van der Waals surface area contributed by atoms with Crippen LogP contribution in [-0.4, -0.2) is 5.11 Å².